The zero-order valence-corrected chi connectivity index (χ0v) is 16.2. The van der Waals surface area contributed by atoms with Crippen LogP contribution in [-0.2, 0) is 4.74 Å². The molecule has 126 valence electrons. The van der Waals surface area contributed by atoms with E-state index in [4.69, 9.17) is 4.74 Å². The van der Waals surface area contributed by atoms with Crippen molar-refractivity contribution in [2.24, 2.45) is 4.99 Å². The first-order valence-electron chi connectivity index (χ1n) is 7.38. The Balaban J connectivity index is 0. The molecule has 0 bridgehead atoms. The molecule has 21 heavy (non-hydrogen) atoms. The van der Waals surface area contributed by atoms with Crippen molar-refractivity contribution in [3.63, 3.8) is 0 Å². The lowest BCUT2D eigenvalue weighted by molar-refractivity contribution is 0.0527. The third-order valence-corrected chi connectivity index (χ3v) is 2.21. The number of halogens is 1. The normalized spacial score (nSPS) is 10.1. The van der Waals surface area contributed by atoms with Crippen LogP contribution in [0.25, 0.3) is 0 Å². The summed E-state index contributed by atoms with van der Waals surface area (Å²) in [6, 6.07) is 0. The van der Waals surface area contributed by atoms with Crippen LogP contribution in [0.3, 0.4) is 0 Å². The minimum atomic E-state index is -0.444. The van der Waals surface area contributed by atoms with E-state index in [2.05, 4.69) is 20.9 Å². The maximum atomic E-state index is 11.4. The molecular weight excluding hydrogens is 383 g/mol. The third-order valence-electron chi connectivity index (χ3n) is 2.21. The first-order chi connectivity index (χ1) is 9.39. The fourth-order valence-electron chi connectivity index (χ4n) is 1.44. The number of unbranched alkanes of at least 4 members (excludes halogenated alkanes) is 1. The van der Waals surface area contributed by atoms with Gasteiger partial charge in [0.05, 0.1) is 0 Å². The van der Waals surface area contributed by atoms with Crippen LogP contribution in [-0.4, -0.2) is 43.8 Å². The monoisotopic (exact) mass is 414 g/mol. The fraction of sp³-hybridized carbons (Fsp3) is 0.857. The molecule has 0 aliphatic rings. The van der Waals surface area contributed by atoms with Crippen LogP contribution in [0.15, 0.2) is 4.99 Å². The Morgan fingerprint density at radius 1 is 1.05 bits per heavy atom. The molecule has 7 heteroatoms. The summed E-state index contributed by atoms with van der Waals surface area (Å²) in [6.07, 6.45) is 1.45. The van der Waals surface area contributed by atoms with Gasteiger partial charge in [-0.3, -0.25) is 4.99 Å². The van der Waals surface area contributed by atoms with E-state index in [9.17, 15) is 4.79 Å². The number of nitrogens with zero attached hydrogens (tertiary/aromatic N) is 1. The van der Waals surface area contributed by atoms with E-state index in [1.807, 2.05) is 34.6 Å². The van der Waals surface area contributed by atoms with Gasteiger partial charge in [-0.25, -0.2) is 4.79 Å². The topological polar surface area (TPSA) is 74.8 Å². The van der Waals surface area contributed by atoms with Crippen molar-refractivity contribution < 1.29 is 9.53 Å². The molecule has 0 aliphatic heterocycles. The van der Waals surface area contributed by atoms with E-state index in [1.54, 1.807) is 0 Å². The summed E-state index contributed by atoms with van der Waals surface area (Å²) in [4.78, 5) is 15.8. The Bertz CT molecular complexity index is 296. The SMILES string of the molecule is CCNC(=NCCCCNC(=O)OC(C)(C)C)NCC.I. The van der Waals surface area contributed by atoms with Gasteiger partial charge in [-0.15, -0.1) is 24.0 Å². The third kappa shape index (κ3) is 15.5. The van der Waals surface area contributed by atoms with E-state index in [-0.39, 0.29) is 30.1 Å². The Labute approximate surface area is 145 Å². The number of alkyl carbamates (subject to hydrolysis) is 1. The summed E-state index contributed by atoms with van der Waals surface area (Å²) in [5.41, 5.74) is -0.444. The van der Waals surface area contributed by atoms with Crippen molar-refractivity contribution in [2.45, 2.75) is 53.1 Å². The lowest BCUT2D eigenvalue weighted by Gasteiger charge is -2.19. The molecule has 0 atom stereocenters. The first kappa shape index (κ1) is 22.5. The zero-order chi connectivity index (χ0) is 15.4. The molecule has 0 aromatic carbocycles. The number of hydrogen-bond acceptors (Lipinski definition) is 3. The summed E-state index contributed by atoms with van der Waals surface area (Å²) < 4.78 is 5.15. The Kier molecular flexibility index (Phi) is 13.9. The van der Waals surface area contributed by atoms with E-state index in [0.29, 0.717) is 6.54 Å². The number of guanidine groups is 1. The lowest BCUT2D eigenvalue weighted by atomic mass is 10.2. The molecule has 1 amide bonds. The van der Waals surface area contributed by atoms with Gasteiger partial charge in [0.15, 0.2) is 5.96 Å². The van der Waals surface area contributed by atoms with Crippen molar-refractivity contribution in [3.8, 4) is 0 Å². The second-order valence-electron chi connectivity index (χ2n) is 5.43. The number of carbonyl (C=O) groups is 1. The van der Waals surface area contributed by atoms with Gasteiger partial charge in [0.2, 0.25) is 0 Å². The van der Waals surface area contributed by atoms with E-state index in [1.165, 1.54) is 0 Å². The molecule has 0 fully saturated rings. The van der Waals surface area contributed by atoms with Crippen LogP contribution < -0.4 is 16.0 Å². The van der Waals surface area contributed by atoms with Crippen molar-refractivity contribution in [1.82, 2.24) is 16.0 Å². The largest absolute Gasteiger partial charge is 0.444 e. The quantitative estimate of drug-likeness (QED) is 0.259. The zero-order valence-electron chi connectivity index (χ0n) is 13.9. The Morgan fingerprint density at radius 2 is 1.62 bits per heavy atom. The molecule has 3 N–H and O–H groups in total. The van der Waals surface area contributed by atoms with Gasteiger partial charge >= 0.3 is 6.09 Å². The number of nitrogens with one attached hydrogen (secondary N) is 3. The molecule has 0 spiro atoms. The average Bonchev–Trinajstić information content (AvgIpc) is 2.31. The van der Waals surface area contributed by atoms with Crippen molar-refractivity contribution >= 4 is 36.0 Å². The minimum absolute atomic E-state index is 0. The van der Waals surface area contributed by atoms with Crippen LogP contribution in [0, 0.1) is 0 Å². The van der Waals surface area contributed by atoms with Gasteiger partial charge in [0, 0.05) is 26.2 Å². The second-order valence-corrected chi connectivity index (χ2v) is 5.43. The molecule has 0 heterocycles. The summed E-state index contributed by atoms with van der Waals surface area (Å²) in [5, 5.41) is 9.07. The van der Waals surface area contributed by atoms with Gasteiger partial charge in [0.25, 0.3) is 0 Å². The van der Waals surface area contributed by atoms with E-state index >= 15 is 0 Å². The average molecular weight is 414 g/mol. The molecule has 0 unspecified atom stereocenters. The van der Waals surface area contributed by atoms with E-state index < -0.39 is 5.60 Å². The summed E-state index contributed by atoms with van der Waals surface area (Å²) in [7, 11) is 0. The standard InChI is InChI=1S/C14H30N4O2.HI/c1-6-15-12(16-7-2)17-10-8-9-11-18-13(19)20-14(3,4)5;/h6-11H2,1-5H3,(H,18,19)(H2,15,16,17);1H. The van der Waals surface area contributed by atoms with Crippen LogP contribution >= 0.6 is 24.0 Å². The smallest absolute Gasteiger partial charge is 0.407 e. The minimum Gasteiger partial charge on any atom is -0.444 e. The van der Waals surface area contributed by atoms with Crippen molar-refractivity contribution in [3.05, 3.63) is 0 Å². The highest BCUT2D eigenvalue weighted by Crippen LogP contribution is 2.06. The summed E-state index contributed by atoms with van der Waals surface area (Å²) in [6.45, 7) is 12.7. The molecule has 6 nitrogen and oxygen atoms in total. The summed E-state index contributed by atoms with van der Waals surface area (Å²) >= 11 is 0. The van der Waals surface area contributed by atoms with Gasteiger partial charge < -0.3 is 20.7 Å². The van der Waals surface area contributed by atoms with Crippen LogP contribution in [0.1, 0.15) is 47.5 Å². The number of ether oxygens (including phenoxy) is 1. The number of amides is 1. The maximum absolute atomic E-state index is 11.4. The molecular formula is C14H31IN4O2. The first-order valence-corrected chi connectivity index (χ1v) is 7.38. The molecule has 0 radical (unpaired) electrons. The predicted octanol–water partition coefficient (Wildman–Crippen LogP) is 2.48. The number of rotatable bonds is 7. The highest BCUT2D eigenvalue weighted by Gasteiger charge is 2.15. The lowest BCUT2D eigenvalue weighted by Crippen LogP contribution is -2.37. The predicted molar refractivity (Wildman–Crippen MR) is 98.5 cm³/mol. The molecule has 0 aliphatic carbocycles. The van der Waals surface area contributed by atoms with Crippen molar-refractivity contribution in [2.75, 3.05) is 26.2 Å². The van der Waals surface area contributed by atoms with Gasteiger partial charge in [-0.05, 0) is 47.5 Å². The number of carbonyl (C=O) groups excluding carboxylic acids is 1. The molecule has 0 saturated heterocycles. The second kappa shape index (κ2) is 13.0. The molecule has 0 aromatic heterocycles. The molecule has 0 rings (SSSR count). The van der Waals surface area contributed by atoms with Crippen LogP contribution in [0.5, 0.6) is 0 Å². The fourth-order valence-corrected chi connectivity index (χ4v) is 1.44. The van der Waals surface area contributed by atoms with E-state index in [0.717, 1.165) is 38.4 Å². The maximum Gasteiger partial charge on any atom is 0.407 e. The summed E-state index contributed by atoms with van der Waals surface area (Å²) in [5.74, 6) is 0.843. The Hall–Kier alpha value is -0.730. The Morgan fingerprint density at radius 3 is 2.10 bits per heavy atom. The highest BCUT2D eigenvalue weighted by molar-refractivity contribution is 14.0. The molecule has 0 aromatic rings. The number of aliphatic imine (C=N–C) groups is 1. The van der Waals surface area contributed by atoms with Gasteiger partial charge in [-0.1, -0.05) is 0 Å². The van der Waals surface area contributed by atoms with Crippen LogP contribution in [0.4, 0.5) is 4.79 Å². The number of hydrogen-bond donors (Lipinski definition) is 3. The molecule has 0 saturated carbocycles. The van der Waals surface area contributed by atoms with Gasteiger partial charge in [-0.2, -0.15) is 0 Å². The van der Waals surface area contributed by atoms with Gasteiger partial charge in [0.1, 0.15) is 5.60 Å². The van der Waals surface area contributed by atoms with Crippen molar-refractivity contribution in [1.29, 1.82) is 0 Å². The highest BCUT2D eigenvalue weighted by atomic mass is 127. The van der Waals surface area contributed by atoms with Crippen LogP contribution in [0.2, 0.25) is 0 Å².